The number of hydrogen-bond donors (Lipinski definition) is 2. The average Bonchev–Trinajstić information content (AvgIpc) is 3.12. The van der Waals surface area contributed by atoms with Crippen LogP contribution in [0.3, 0.4) is 0 Å². The molecule has 0 fully saturated rings. The number of unbranched alkanes of at least 4 members (excludes halogenated alkanes) is 3. The van der Waals surface area contributed by atoms with Crippen LogP contribution in [-0.2, 0) is 4.79 Å². The van der Waals surface area contributed by atoms with E-state index in [4.69, 9.17) is 9.47 Å². The van der Waals surface area contributed by atoms with E-state index in [1.807, 2.05) is 25.1 Å². The summed E-state index contributed by atoms with van der Waals surface area (Å²) in [6.07, 6.45) is 5.35. The molecule has 1 heterocycles. The molecule has 7 nitrogen and oxygen atoms in total. The third-order valence-electron chi connectivity index (χ3n) is 4.38. The molecule has 1 aliphatic heterocycles. The number of ether oxygens (including phenoxy) is 2. The number of carbonyl (C=O) groups excluding carboxylic acids is 2. The highest BCUT2D eigenvalue weighted by molar-refractivity contribution is 5.92. The van der Waals surface area contributed by atoms with Gasteiger partial charge < -0.3 is 20.1 Å². The second-order valence-electron chi connectivity index (χ2n) is 6.54. The van der Waals surface area contributed by atoms with E-state index in [-0.39, 0.29) is 18.7 Å². The van der Waals surface area contributed by atoms with E-state index in [9.17, 15) is 9.59 Å². The Morgan fingerprint density at radius 1 is 1.04 bits per heavy atom. The molecule has 0 saturated heterocycles. The molecule has 27 heavy (non-hydrogen) atoms. The van der Waals surface area contributed by atoms with Crippen molar-refractivity contribution in [3.05, 3.63) is 18.2 Å². The van der Waals surface area contributed by atoms with Gasteiger partial charge in [-0.25, -0.2) is 4.79 Å². The summed E-state index contributed by atoms with van der Waals surface area (Å²) in [5, 5.41) is 5.79. The summed E-state index contributed by atoms with van der Waals surface area (Å²) in [5.74, 6) is 1.46. The Balaban J connectivity index is 1.81. The maximum Gasteiger partial charge on any atom is 0.321 e. The number of nitrogens with one attached hydrogen (secondary N) is 2. The Kier molecular flexibility index (Phi) is 8.74. The number of anilines is 1. The summed E-state index contributed by atoms with van der Waals surface area (Å²) in [7, 11) is 0. The Morgan fingerprint density at radius 2 is 1.85 bits per heavy atom. The van der Waals surface area contributed by atoms with E-state index in [0.717, 1.165) is 37.8 Å². The molecule has 1 aromatic carbocycles. The van der Waals surface area contributed by atoms with Crippen molar-refractivity contribution in [3.63, 3.8) is 0 Å². The van der Waals surface area contributed by atoms with E-state index < -0.39 is 0 Å². The summed E-state index contributed by atoms with van der Waals surface area (Å²) in [5.41, 5.74) is 0.772. The van der Waals surface area contributed by atoms with Gasteiger partial charge in [0.2, 0.25) is 12.7 Å². The van der Waals surface area contributed by atoms with Crippen molar-refractivity contribution in [1.29, 1.82) is 0 Å². The second-order valence-corrected chi connectivity index (χ2v) is 6.54. The highest BCUT2D eigenvalue weighted by Gasteiger charge is 2.19. The van der Waals surface area contributed by atoms with E-state index in [0.29, 0.717) is 37.6 Å². The van der Waals surface area contributed by atoms with Gasteiger partial charge in [0.1, 0.15) is 0 Å². The molecule has 2 rings (SSSR count). The molecule has 150 valence electrons. The first-order chi connectivity index (χ1) is 13.2. The zero-order chi connectivity index (χ0) is 19.5. The van der Waals surface area contributed by atoms with Gasteiger partial charge in [-0.3, -0.25) is 9.69 Å². The zero-order valence-corrected chi connectivity index (χ0v) is 16.4. The predicted octanol–water partition coefficient (Wildman–Crippen LogP) is 3.43. The lowest BCUT2D eigenvalue weighted by molar-refractivity contribution is -0.121. The van der Waals surface area contributed by atoms with Crippen molar-refractivity contribution >= 4 is 17.6 Å². The largest absolute Gasteiger partial charge is 0.454 e. The van der Waals surface area contributed by atoms with Crippen molar-refractivity contribution in [1.82, 2.24) is 10.6 Å². The van der Waals surface area contributed by atoms with Crippen LogP contribution in [0.5, 0.6) is 11.5 Å². The quantitative estimate of drug-likeness (QED) is 0.579. The summed E-state index contributed by atoms with van der Waals surface area (Å²) >= 11 is 0. The molecular formula is C20H31N3O4. The minimum absolute atomic E-state index is 0.111. The molecule has 1 aromatic rings. The number of carbonyl (C=O) groups is 2. The summed E-state index contributed by atoms with van der Waals surface area (Å²) in [6, 6.07) is 5.37. The zero-order valence-electron chi connectivity index (χ0n) is 16.4. The first-order valence-corrected chi connectivity index (χ1v) is 9.87. The number of rotatable bonds is 11. The summed E-state index contributed by atoms with van der Waals surface area (Å²) in [6.45, 7) is 5.99. The summed E-state index contributed by atoms with van der Waals surface area (Å²) in [4.78, 5) is 25.9. The smallest absolute Gasteiger partial charge is 0.321 e. The maximum atomic E-state index is 12.4. The number of urea groups is 1. The average molecular weight is 377 g/mol. The van der Waals surface area contributed by atoms with E-state index >= 15 is 0 Å². The molecule has 7 heteroatoms. The van der Waals surface area contributed by atoms with E-state index in [1.165, 1.54) is 0 Å². The van der Waals surface area contributed by atoms with Crippen LogP contribution in [0.15, 0.2) is 18.2 Å². The van der Waals surface area contributed by atoms with Crippen LogP contribution >= 0.6 is 0 Å². The SMILES string of the molecule is CCCCCC(=O)NCCCCN(C(=O)NCC)c1ccc2c(c1)OCO2. The van der Waals surface area contributed by atoms with Crippen LogP contribution in [0.2, 0.25) is 0 Å². The second kappa shape index (κ2) is 11.3. The lowest BCUT2D eigenvalue weighted by Gasteiger charge is -2.23. The van der Waals surface area contributed by atoms with Crippen molar-refractivity contribution in [2.45, 2.75) is 52.4 Å². The Morgan fingerprint density at radius 3 is 2.63 bits per heavy atom. The molecule has 0 unspecified atom stereocenters. The molecule has 0 aliphatic carbocycles. The highest BCUT2D eigenvalue weighted by Crippen LogP contribution is 2.35. The molecule has 2 N–H and O–H groups in total. The predicted molar refractivity (Wildman–Crippen MR) is 105 cm³/mol. The third-order valence-corrected chi connectivity index (χ3v) is 4.38. The van der Waals surface area contributed by atoms with Crippen LogP contribution in [0.1, 0.15) is 52.4 Å². The van der Waals surface area contributed by atoms with Crippen molar-refractivity contribution in [2.24, 2.45) is 0 Å². The fourth-order valence-corrected chi connectivity index (χ4v) is 2.89. The number of amides is 3. The molecule has 1 aliphatic rings. The Hall–Kier alpha value is -2.44. The fourth-order valence-electron chi connectivity index (χ4n) is 2.89. The maximum absolute atomic E-state index is 12.4. The molecule has 0 atom stereocenters. The molecule has 0 spiro atoms. The first kappa shape index (κ1) is 20.9. The Bertz CT molecular complexity index is 621. The minimum Gasteiger partial charge on any atom is -0.454 e. The minimum atomic E-state index is -0.139. The van der Waals surface area contributed by atoms with E-state index in [1.54, 1.807) is 4.90 Å². The normalized spacial score (nSPS) is 11.9. The van der Waals surface area contributed by atoms with Crippen LogP contribution in [0, 0.1) is 0 Å². The molecular weight excluding hydrogens is 346 g/mol. The van der Waals surface area contributed by atoms with Gasteiger partial charge in [-0.15, -0.1) is 0 Å². The Labute approximate surface area is 161 Å². The van der Waals surface area contributed by atoms with Crippen LogP contribution in [0.4, 0.5) is 10.5 Å². The fraction of sp³-hybridized carbons (Fsp3) is 0.600. The van der Waals surface area contributed by atoms with Crippen molar-refractivity contribution in [2.75, 3.05) is 31.3 Å². The van der Waals surface area contributed by atoms with Crippen LogP contribution in [0.25, 0.3) is 0 Å². The number of fused-ring (bicyclic) bond motifs is 1. The van der Waals surface area contributed by atoms with Gasteiger partial charge in [-0.1, -0.05) is 19.8 Å². The molecule has 0 saturated carbocycles. The molecule has 0 radical (unpaired) electrons. The lowest BCUT2D eigenvalue weighted by atomic mass is 10.2. The van der Waals surface area contributed by atoms with Gasteiger partial charge in [-0.05, 0) is 38.3 Å². The van der Waals surface area contributed by atoms with Crippen LogP contribution < -0.4 is 25.0 Å². The van der Waals surface area contributed by atoms with Gasteiger partial charge in [-0.2, -0.15) is 0 Å². The van der Waals surface area contributed by atoms with Gasteiger partial charge >= 0.3 is 6.03 Å². The van der Waals surface area contributed by atoms with E-state index in [2.05, 4.69) is 17.6 Å². The molecule has 0 aromatic heterocycles. The topological polar surface area (TPSA) is 79.9 Å². The van der Waals surface area contributed by atoms with Gasteiger partial charge in [0.05, 0.1) is 0 Å². The van der Waals surface area contributed by atoms with Crippen LogP contribution in [-0.4, -0.2) is 38.4 Å². The van der Waals surface area contributed by atoms with Gasteiger partial charge in [0, 0.05) is 37.8 Å². The third kappa shape index (κ3) is 6.66. The monoisotopic (exact) mass is 377 g/mol. The molecule has 3 amide bonds. The van der Waals surface area contributed by atoms with Crippen molar-refractivity contribution < 1.29 is 19.1 Å². The number of nitrogens with zero attached hydrogens (tertiary/aromatic N) is 1. The highest BCUT2D eigenvalue weighted by atomic mass is 16.7. The lowest BCUT2D eigenvalue weighted by Crippen LogP contribution is -2.40. The number of hydrogen-bond acceptors (Lipinski definition) is 4. The summed E-state index contributed by atoms with van der Waals surface area (Å²) < 4.78 is 10.7. The van der Waals surface area contributed by atoms with Gasteiger partial charge in [0.15, 0.2) is 11.5 Å². The number of benzene rings is 1. The first-order valence-electron chi connectivity index (χ1n) is 9.87. The molecule has 0 bridgehead atoms. The van der Waals surface area contributed by atoms with Gasteiger partial charge in [0.25, 0.3) is 0 Å². The van der Waals surface area contributed by atoms with Crippen molar-refractivity contribution in [3.8, 4) is 11.5 Å². The standard InChI is InChI=1S/C20H31N3O4/c1-3-5-6-9-19(24)22-12-7-8-13-23(20(25)21-4-2)16-10-11-17-18(14-16)27-15-26-17/h10-11,14H,3-9,12-13,15H2,1-2H3,(H,21,25)(H,22,24).